The third-order valence-electron chi connectivity index (χ3n) is 1.93. The standard InChI is InChI=1S/C9H16O4/c1-4-5-6-7(8(10)11)13-9(2,3)12-6/h4,6-8,10-11H,1,5H2,2-3H3/p+1/t6-,7?/m1/s1. The van der Waals surface area contributed by atoms with Crippen LogP contribution < -0.4 is 0 Å². The maximum absolute atomic E-state index is 9.11. The van der Waals surface area contributed by atoms with Crippen molar-refractivity contribution in [3.05, 3.63) is 12.7 Å². The van der Waals surface area contributed by atoms with Gasteiger partial charge >= 0.3 is 0 Å². The van der Waals surface area contributed by atoms with Crippen LogP contribution in [-0.2, 0) is 9.47 Å². The molecular formula is C9H17O4+. The van der Waals surface area contributed by atoms with Gasteiger partial charge in [-0.15, -0.1) is 6.58 Å². The first kappa shape index (κ1) is 10.7. The average Bonchev–Trinajstić information content (AvgIpc) is 2.26. The second kappa shape index (κ2) is 3.75. The van der Waals surface area contributed by atoms with Gasteiger partial charge in [0, 0.05) is 0 Å². The van der Waals surface area contributed by atoms with Crippen molar-refractivity contribution in [2.45, 2.75) is 44.6 Å². The van der Waals surface area contributed by atoms with Crippen LogP contribution in [0.15, 0.2) is 12.7 Å². The summed E-state index contributed by atoms with van der Waals surface area (Å²) in [5.74, 6) is -0.708. The third-order valence-corrected chi connectivity index (χ3v) is 1.93. The molecule has 1 saturated heterocycles. The van der Waals surface area contributed by atoms with Crippen molar-refractivity contribution in [1.82, 2.24) is 0 Å². The van der Waals surface area contributed by atoms with Crippen LogP contribution in [0.3, 0.4) is 0 Å². The first-order valence-electron chi connectivity index (χ1n) is 4.32. The Labute approximate surface area is 77.8 Å². The van der Waals surface area contributed by atoms with Gasteiger partial charge in [-0.3, -0.25) is 0 Å². The summed E-state index contributed by atoms with van der Waals surface area (Å²) in [7, 11) is 0. The predicted octanol–water partition coefficient (Wildman–Crippen LogP) is 0.126. The van der Waals surface area contributed by atoms with E-state index in [9.17, 15) is 0 Å². The Bertz CT molecular complexity index is 188. The molecule has 1 rings (SSSR count). The lowest BCUT2D eigenvalue weighted by atomic mass is 10.1. The van der Waals surface area contributed by atoms with Crippen LogP contribution in [0.1, 0.15) is 20.3 Å². The largest absolute Gasteiger partial charge is 0.420 e. The molecule has 4 heteroatoms. The maximum atomic E-state index is 9.11. The molecular weight excluding hydrogens is 172 g/mol. The SMILES string of the molecule is C=CC[C@H]1OC(C)(C)OC1C(O)[OH2+]. The quantitative estimate of drug-likeness (QED) is 0.390. The second-order valence-electron chi connectivity index (χ2n) is 3.61. The number of hydrogen-bond donors (Lipinski definition) is 1. The molecule has 76 valence electrons. The summed E-state index contributed by atoms with van der Waals surface area (Å²) in [6.07, 6.45) is 0.189. The van der Waals surface area contributed by atoms with Crippen molar-refractivity contribution < 1.29 is 19.7 Å². The van der Waals surface area contributed by atoms with Crippen molar-refractivity contribution in [2.75, 3.05) is 0 Å². The number of rotatable bonds is 3. The fourth-order valence-corrected chi connectivity index (χ4v) is 1.48. The van der Waals surface area contributed by atoms with Crippen LogP contribution in [-0.4, -0.2) is 34.5 Å². The van der Waals surface area contributed by atoms with Crippen LogP contribution >= 0.6 is 0 Å². The Morgan fingerprint density at radius 2 is 2.23 bits per heavy atom. The van der Waals surface area contributed by atoms with Gasteiger partial charge in [0.1, 0.15) is 6.10 Å². The summed E-state index contributed by atoms with van der Waals surface area (Å²) >= 11 is 0. The average molecular weight is 189 g/mol. The number of ether oxygens (including phenoxy) is 2. The van der Waals surface area contributed by atoms with Gasteiger partial charge in [-0.05, 0) is 20.3 Å². The van der Waals surface area contributed by atoms with Gasteiger partial charge in [-0.1, -0.05) is 6.08 Å². The number of aliphatic hydroxyl groups excluding tert-OH is 1. The minimum absolute atomic E-state index is 0.264. The molecule has 1 fully saturated rings. The third kappa shape index (κ3) is 2.51. The van der Waals surface area contributed by atoms with E-state index in [0.717, 1.165) is 0 Å². The normalized spacial score (nSPS) is 34.5. The molecule has 1 heterocycles. The molecule has 0 aromatic heterocycles. The van der Waals surface area contributed by atoms with Crippen molar-refractivity contribution >= 4 is 0 Å². The summed E-state index contributed by atoms with van der Waals surface area (Å²) in [5.41, 5.74) is 0. The monoisotopic (exact) mass is 189 g/mol. The molecule has 1 aliphatic rings. The zero-order valence-electron chi connectivity index (χ0n) is 7.99. The molecule has 4 nitrogen and oxygen atoms in total. The predicted molar refractivity (Wildman–Crippen MR) is 48.3 cm³/mol. The fraction of sp³-hybridized carbons (Fsp3) is 0.778. The van der Waals surface area contributed by atoms with E-state index >= 15 is 0 Å². The lowest BCUT2D eigenvalue weighted by Gasteiger charge is -2.16. The van der Waals surface area contributed by atoms with Crippen molar-refractivity contribution in [1.29, 1.82) is 0 Å². The van der Waals surface area contributed by atoms with Gasteiger partial charge in [0.05, 0.1) is 0 Å². The first-order chi connectivity index (χ1) is 5.96. The highest BCUT2D eigenvalue weighted by atomic mass is 16.8. The molecule has 0 spiro atoms. The Morgan fingerprint density at radius 1 is 1.62 bits per heavy atom. The van der Waals surface area contributed by atoms with E-state index in [-0.39, 0.29) is 6.10 Å². The molecule has 0 saturated carbocycles. The zero-order chi connectivity index (χ0) is 10.1. The lowest BCUT2D eigenvalue weighted by molar-refractivity contribution is -0.183. The summed E-state index contributed by atoms with van der Waals surface area (Å²) in [4.78, 5) is 0. The van der Waals surface area contributed by atoms with Gasteiger partial charge in [0.25, 0.3) is 6.29 Å². The zero-order valence-corrected chi connectivity index (χ0v) is 7.99. The molecule has 0 amide bonds. The van der Waals surface area contributed by atoms with Gasteiger partial charge in [-0.2, -0.15) is 0 Å². The van der Waals surface area contributed by atoms with E-state index in [4.69, 9.17) is 19.7 Å². The fourth-order valence-electron chi connectivity index (χ4n) is 1.48. The van der Waals surface area contributed by atoms with Gasteiger partial charge in [-0.25, -0.2) is 0 Å². The van der Waals surface area contributed by atoms with Crippen molar-refractivity contribution in [3.8, 4) is 0 Å². The number of aliphatic hydroxyl groups is 1. The molecule has 13 heavy (non-hydrogen) atoms. The lowest BCUT2D eigenvalue weighted by Crippen LogP contribution is -2.34. The van der Waals surface area contributed by atoms with E-state index in [0.29, 0.717) is 6.42 Å². The van der Waals surface area contributed by atoms with Gasteiger partial charge < -0.3 is 19.7 Å². The molecule has 0 aliphatic carbocycles. The van der Waals surface area contributed by atoms with Crippen LogP contribution in [0.2, 0.25) is 0 Å². The van der Waals surface area contributed by atoms with E-state index < -0.39 is 18.2 Å². The van der Waals surface area contributed by atoms with Crippen LogP contribution in [0.5, 0.6) is 0 Å². The molecule has 2 unspecified atom stereocenters. The summed E-state index contributed by atoms with van der Waals surface area (Å²) in [5, 5.41) is 16.3. The summed E-state index contributed by atoms with van der Waals surface area (Å²) in [6.45, 7) is 7.13. The molecule has 0 aromatic carbocycles. The summed E-state index contributed by atoms with van der Waals surface area (Å²) in [6, 6.07) is 0. The van der Waals surface area contributed by atoms with E-state index in [1.54, 1.807) is 19.9 Å². The highest BCUT2D eigenvalue weighted by Gasteiger charge is 2.45. The summed E-state index contributed by atoms with van der Waals surface area (Å²) < 4.78 is 10.9. The van der Waals surface area contributed by atoms with Crippen LogP contribution in [0.4, 0.5) is 0 Å². The minimum Gasteiger partial charge on any atom is -0.420 e. The highest BCUT2D eigenvalue weighted by molar-refractivity contribution is 4.87. The van der Waals surface area contributed by atoms with Crippen LogP contribution in [0, 0.1) is 0 Å². The van der Waals surface area contributed by atoms with E-state index in [1.165, 1.54) is 0 Å². The van der Waals surface area contributed by atoms with Gasteiger partial charge in [0.2, 0.25) is 0 Å². The van der Waals surface area contributed by atoms with Gasteiger partial charge in [0.15, 0.2) is 11.9 Å². The Balaban J connectivity index is 2.65. The number of hydrogen-bond acceptors (Lipinski definition) is 3. The Hall–Kier alpha value is -0.420. The molecule has 1 aliphatic heterocycles. The molecule has 0 radical (unpaired) electrons. The Morgan fingerprint density at radius 3 is 2.69 bits per heavy atom. The second-order valence-corrected chi connectivity index (χ2v) is 3.61. The molecule has 0 aromatic rings. The highest BCUT2D eigenvalue weighted by Crippen LogP contribution is 2.31. The van der Waals surface area contributed by atoms with E-state index in [2.05, 4.69) is 6.58 Å². The molecule has 0 bridgehead atoms. The molecule has 3 atom stereocenters. The Kier molecular flexibility index (Phi) is 3.08. The van der Waals surface area contributed by atoms with E-state index in [1.807, 2.05) is 0 Å². The van der Waals surface area contributed by atoms with Crippen LogP contribution in [0.25, 0.3) is 0 Å². The first-order valence-corrected chi connectivity index (χ1v) is 4.32. The topological polar surface area (TPSA) is 61.6 Å². The maximum Gasteiger partial charge on any atom is 0.290 e. The van der Waals surface area contributed by atoms with Crippen molar-refractivity contribution in [3.63, 3.8) is 0 Å². The smallest absolute Gasteiger partial charge is 0.290 e. The van der Waals surface area contributed by atoms with Crippen molar-refractivity contribution in [2.24, 2.45) is 0 Å². The molecule has 3 N–H and O–H groups in total. The minimum atomic E-state index is -1.26.